The van der Waals surface area contributed by atoms with Gasteiger partial charge in [-0.3, -0.25) is 0 Å². The van der Waals surface area contributed by atoms with E-state index in [1.54, 1.807) is 7.11 Å². The van der Waals surface area contributed by atoms with E-state index in [-0.39, 0.29) is 0 Å². The van der Waals surface area contributed by atoms with Crippen molar-refractivity contribution < 1.29 is 4.74 Å². The van der Waals surface area contributed by atoms with Crippen LogP contribution in [0.5, 0.6) is 5.75 Å². The molecule has 2 N–H and O–H groups in total. The number of aromatic nitrogens is 2. The van der Waals surface area contributed by atoms with E-state index in [1.165, 1.54) is 11.1 Å². The number of anilines is 4. The predicted molar refractivity (Wildman–Crippen MR) is 107 cm³/mol. The number of para-hydroxylation sites is 1. The predicted octanol–water partition coefficient (Wildman–Crippen LogP) is 5.15. The molecular formula is C21H24N4O. The maximum absolute atomic E-state index is 5.27. The van der Waals surface area contributed by atoms with Crippen molar-refractivity contribution >= 4 is 23.0 Å². The van der Waals surface area contributed by atoms with Gasteiger partial charge in [0.15, 0.2) is 0 Å². The fourth-order valence-corrected chi connectivity index (χ4v) is 2.87. The average molecular weight is 348 g/mol. The molecule has 1 heterocycles. The Morgan fingerprint density at radius 3 is 2.38 bits per heavy atom. The number of hydrogen-bond donors (Lipinski definition) is 2. The largest absolute Gasteiger partial charge is 0.497 e. The third-order valence-corrected chi connectivity index (χ3v) is 4.17. The highest BCUT2D eigenvalue weighted by atomic mass is 16.5. The van der Waals surface area contributed by atoms with E-state index < -0.39 is 0 Å². The van der Waals surface area contributed by atoms with Crippen LogP contribution < -0.4 is 15.4 Å². The van der Waals surface area contributed by atoms with Crippen LogP contribution in [0.1, 0.15) is 23.9 Å². The van der Waals surface area contributed by atoms with Crippen LogP contribution in [0.15, 0.2) is 48.5 Å². The maximum Gasteiger partial charge on any atom is 0.136 e. The molecule has 2 aromatic carbocycles. The Morgan fingerprint density at radius 2 is 1.65 bits per heavy atom. The molecule has 0 aliphatic carbocycles. The summed E-state index contributed by atoms with van der Waals surface area (Å²) < 4.78 is 5.27. The molecule has 0 fully saturated rings. The van der Waals surface area contributed by atoms with Crippen molar-refractivity contribution in [2.75, 3.05) is 17.7 Å². The van der Waals surface area contributed by atoms with Crippen molar-refractivity contribution in [2.45, 2.75) is 27.2 Å². The highest BCUT2D eigenvalue weighted by Crippen LogP contribution is 2.27. The molecule has 0 radical (unpaired) electrons. The van der Waals surface area contributed by atoms with Gasteiger partial charge in [0.25, 0.3) is 0 Å². The van der Waals surface area contributed by atoms with Crippen LogP contribution in [-0.4, -0.2) is 17.1 Å². The third-order valence-electron chi connectivity index (χ3n) is 4.17. The van der Waals surface area contributed by atoms with E-state index in [0.29, 0.717) is 5.82 Å². The molecule has 5 nitrogen and oxygen atoms in total. The third kappa shape index (κ3) is 4.11. The minimum atomic E-state index is 0.701. The second-order valence-electron chi connectivity index (χ2n) is 6.13. The van der Waals surface area contributed by atoms with Gasteiger partial charge in [-0.2, -0.15) is 0 Å². The lowest BCUT2D eigenvalue weighted by atomic mass is 10.1. The summed E-state index contributed by atoms with van der Waals surface area (Å²) in [4.78, 5) is 9.02. The van der Waals surface area contributed by atoms with Crippen LogP contribution in [0, 0.1) is 13.8 Å². The van der Waals surface area contributed by atoms with Crippen LogP contribution in [0.4, 0.5) is 23.0 Å². The topological polar surface area (TPSA) is 59.1 Å². The Bertz CT molecular complexity index is 908. The summed E-state index contributed by atoms with van der Waals surface area (Å²) in [6, 6.07) is 16.0. The second-order valence-corrected chi connectivity index (χ2v) is 6.13. The highest BCUT2D eigenvalue weighted by molar-refractivity contribution is 5.68. The summed E-state index contributed by atoms with van der Waals surface area (Å²) in [5, 5.41) is 6.78. The summed E-state index contributed by atoms with van der Waals surface area (Å²) in [5.74, 6) is 3.01. The second kappa shape index (κ2) is 7.87. The summed E-state index contributed by atoms with van der Waals surface area (Å²) in [6.45, 7) is 6.15. The maximum atomic E-state index is 5.27. The van der Waals surface area contributed by atoms with Gasteiger partial charge in [0.1, 0.15) is 23.2 Å². The fourth-order valence-electron chi connectivity index (χ4n) is 2.87. The zero-order chi connectivity index (χ0) is 18.5. The van der Waals surface area contributed by atoms with Crippen molar-refractivity contribution in [1.29, 1.82) is 0 Å². The van der Waals surface area contributed by atoms with E-state index in [4.69, 9.17) is 4.74 Å². The van der Waals surface area contributed by atoms with Crippen molar-refractivity contribution in [1.82, 2.24) is 9.97 Å². The molecule has 0 aliphatic rings. The first-order valence-corrected chi connectivity index (χ1v) is 8.71. The molecule has 0 saturated carbocycles. The Hall–Kier alpha value is -3.08. The number of rotatable bonds is 6. The average Bonchev–Trinajstić information content (AvgIpc) is 2.63. The molecule has 0 amide bonds. The van der Waals surface area contributed by atoms with Gasteiger partial charge in [0.05, 0.1) is 7.11 Å². The monoisotopic (exact) mass is 348 g/mol. The fraction of sp³-hybridized carbons (Fsp3) is 0.238. The summed E-state index contributed by atoms with van der Waals surface area (Å²) in [5.41, 5.74) is 4.49. The number of methoxy groups -OCH3 is 1. The number of ether oxygens (including phenoxy) is 1. The zero-order valence-electron chi connectivity index (χ0n) is 15.6. The molecule has 0 atom stereocenters. The molecule has 0 saturated heterocycles. The van der Waals surface area contributed by atoms with E-state index in [0.717, 1.165) is 35.2 Å². The van der Waals surface area contributed by atoms with Crippen LogP contribution in [0.2, 0.25) is 0 Å². The molecule has 0 spiro atoms. The molecule has 0 bridgehead atoms. The molecule has 5 heteroatoms. The molecule has 0 unspecified atom stereocenters. The lowest BCUT2D eigenvalue weighted by Crippen LogP contribution is -2.04. The van der Waals surface area contributed by atoms with Crippen molar-refractivity contribution in [3.8, 4) is 5.75 Å². The van der Waals surface area contributed by atoms with Gasteiger partial charge >= 0.3 is 0 Å². The lowest BCUT2D eigenvalue weighted by Gasteiger charge is -2.15. The number of hydrogen-bond acceptors (Lipinski definition) is 5. The standard InChI is InChI=1S/C21H24N4O/c1-5-16-9-6-8-14(2)21(16)25-20-13-19(22-15(3)23-20)24-17-10-7-11-18(12-17)26-4/h6-13H,5H2,1-4H3,(H2,22,23,24,25). The van der Waals surface area contributed by atoms with Gasteiger partial charge in [-0.1, -0.05) is 31.2 Å². The Kier molecular flexibility index (Phi) is 5.37. The summed E-state index contributed by atoms with van der Waals surface area (Å²) >= 11 is 0. The molecule has 134 valence electrons. The highest BCUT2D eigenvalue weighted by Gasteiger charge is 2.08. The van der Waals surface area contributed by atoms with Gasteiger partial charge in [0, 0.05) is 23.5 Å². The van der Waals surface area contributed by atoms with Gasteiger partial charge in [-0.05, 0) is 43.5 Å². The van der Waals surface area contributed by atoms with E-state index in [2.05, 4.69) is 52.6 Å². The van der Waals surface area contributed by atoms with Crippen molar-refractivity contribution in [3.05, 3.63) is 65.5 Å². The Morgan fingerprint density at radius 1 is 0.923 bits per heavy atom. The first-order chi connectivity index (χ1) is 12.6. The Balaban J connectivity index is 1.88. The molecule has 0 aliphatic heterocycles. The number of nitrogens with zero attached hydrogens (tertiary/aromatic N) is 2. The zero-order valence-corrected chi connectivity index (χ0v) is 15.6. The van der Waals surface area contributed by atoms with Crippen LogP contribution in [0.3, 0.4) is 0 Å². The van der Waals surface area contributed by atoms with Gasteiger partial charge in [-0.25, -0.2) is 9.97 Å². The molecule has 26 heavy (non-hydrogen) atoms. The number of aryl methyl sites for hydroxylation is 3. The SMILES string of the molecule is CCc1cccc(C)c1Nc1cc(Nc2cccc(OC)c2)nc(C)n1. The number of nitrogens with one attached hydrogen (secondary N) is 2. The normalized spacial score (nSPS) is 10.5. The minimum Gasteiger partial charge on any atom is -0.497 e. The van der Waals surface area contributed by atoms with E-state index in [9.17, 15) is 0 Å². The smallest absolute Gasteiger partial charge is 0.136 e. The number of benzene rings is 2. The van der Waals surface area contributed by atoms with Crippen molar-refractivity contribution in [2.24, 2.45) is 0 Å². The molecular weight excluding hydrogens is 324 g/mol. The van der Waals surface area contributed by atoms with E-state index in [1.807, 2.05) is 37.3 Å². The first-order valence-electron chi connectivity index (χ1n) is 8.71. The molecule has 3 rings (SSSR count). The lowest BCUT2D eigenvalue weighted by molar-refractivity contribution is 0.415. The summed E-state index contributed by atoms with van der Waals surface area (Å²) in [6.07, 6.45) is 0.961. The quantitative estimate of drug-likeness (QED) is 0.645. The Labute approximate surface area is 154 Å². The van der Waals surface area contributed by atoms with Crippen LogP contribution in [-0.2, 0) is 6.42 Å². The molecule has 3 aromatic rings. The van der Waals surface area contributed by atoms with Gasteiger partial charge < -0.3 is 15.4 Å². The minimum absolute atomic E-state index is 0.701. The molecule has 1 aromatic heterocycles. The van der Waals surface area contributed by atoms with Gasteiger partial charge in [-0.15, -0.1) is 0 Å². The van der Waals surface area contributed by atoms with E-state index >= 15 is 0 Å². The van der Waals surface area contributed by atoms with Gasteiger partial charge in [0.2, 0.25) is 0 Å². The van der Waals surface area contributed by atoms with Crippen LogP contribution >= 0.6 is 0 Å². The first kappa shape index (κ1) is 17.7. The van der Waals surface area contributed by atoms with Crippen LogP contribution in [0.25, 0.3) is 0 Å². The summed E-state index contributed by atoms with van der Waals surface area (Å²) in [7, 11) is 1.66. The van der Waals surface area contributed by atoms with Crippen molar-refractivity contribution in [3.63, 3.8) is 0 Å².